The molecule has 0 fully saturated rings. The molecule has 0 spiro atoms. The van der Waals surface area contributed by atoms with E-state index in [2.05, 4.69) is 14.9 Å². The largest absolute Gasteiger partial charge is 0.379 e. The number of sulfone groups is 1. The number of nitrogens with zero attached hydrogens (tertiary/aromatic N) is 2. The van der Waals surface area contributed by atoms with Gasteiger partial charge in [-0.15, -0.1) is 5.10 Å². The van der Waals surface area contributed by atoms with E-state index >= 15 is 0 Å². The van der Waals surface area contributed by atoms with Crippen molar-refractivity contribution in [1.29, 1.82) is 0 Å². The number of nitrogens with one attached hydrogen (secondary N) is 1. The van der Waals surface area contributed by atoms with Crippen molar-refractivity contribution < 1.29 is 8.42 Å². The minimum atomic E-state index is -3.12. The summed E-state index contributed by atoms with van der Waals surface area (Å²) < 4.78 is 27.0. The van der Waals surface area contributed by atoms with Gasteiger partial charge in [-0.3, -0.25) is 0 Å². The Kier molecular flexibility index (Phi) is 3.93. The number of hydrogen-bond acceptors (Lipinski definition) is 6. The molecule has 0 radical (unpaired) electrons. The summed E-state index contributed by atoms with van der Waals surface area (Å²) in [5, 5.41) is 8.93. The van der Waals surface area contributed by atoms with E-state index in [0.29, 0.717) is 11.4 Å². The van der Waals surface area contributed by atoms with Crippen LogP contribution < -0.4 is 5.32 Å². The normalized spacial score (nSPS) is 11.4. The minimum absolute atomic E-state index is 0.115. The second kappa shape index (κ2) is 5.45. The number of aromatic nitrogens is 2. The van der Waals surface area contributed by atoms with Crippen molar-refractivity contribution in [3.05, 3.63) is 35.3 Å². The van der Waals surface area contributed by atoms with E-state index in [-0.39, 0.29) is 5.75 Å². The molecular formula is C11H13N3O2S2. The van der Waals surface area contributed by atoms with Crippen molar-refractivity contribution in [2.45, 2.75) is 18.4 Å². The van der Waals surface area contributed by atoms with Gasteiger partial charge in [0.2, 0.25) is 0 Å². The fourth-order valence-electron chi connectivity index (χ4n) is 1.40. The molecular weight excluding hydrogens is 270 g/mol. The van der Waals surface area contributed by atoms with Gasteiger partial charge in [0.25, 0.3) is 0 Å². The van der Waals surface area contributed by atoms with E-state index in [1.54, 1.807) is 31.2 Å². The van der Waals surface area contributed by atoms with Crippen molar-refractivity contribution in [3.63, 3.8) is 0 Å². The average Bonchev–Trinajstić information content (AvgIpc) is 2.90. The third-order valence-corrected chi connectivity index (χ3v) is 4.78. The maximum absolute atomic E-state index is 11.6. The third kappa shape index (κ3) is 3.05. The van der Waals surface area contributed by atoms with E-state index in [1.807, 2.05) is 5.38 Å². The molecule has 1 heterocycles. The predicted octanol–water partition coefficient (Wildman–Crippen LogP) is 1.94. The number of hydrogen-bond donors (Lipinski definition) is 1. The maximum atomic E-state index is 11.6. The topological polar surface area (TPSA) is 72.0 Å². The van der Waals surface area contributed by atoms with Crippen LogP contribution in [0.15, 0.2) is 34.5 Å². The van der Waals surface area contributed by atoms with Crippen LogP contribution in [0, 0.1) is 0 Å². The van der Waals surface area contributed by atoms with E-state index in [0.717, 1.165) is 11.4 Å². The smallest absolute Gasteiger partial charge is 0.178 e. The molecule has 18 heavy (non-hydrogen) atoms. The Morgan fingerprint density at radius 1 is 1.28 bits per heavy atom. The van der Waals surface area contributed by atoms with Gasteiger partial charge >= 0.3 is 0 Å². The van der Waals surface area contributed by atoms with Gasteiger partial charge in [-0.1, -0.05) is 11.4 Å². The van der Waals surface area contributed by atoms with Crippen molar-refractivity contribution in [1.82, 2.24) is 9.59 Å². The highest BCUT2D eigenvalue weighted by Gasteiger charge is 2.10. The van der Waals surface area contributed by atoms with Gasteiger partial charge in [0.1, 0.15) is 0 Å². The molecule has 2 rings (SSSR count). The molecule has 0 saturated heterocycles. The first-order chi connectivity index (χ1) is 8.62. The van der Waals surface area contributed by atoms with Crippen molar-refractivity contribution in [2.24, 2.45) is 0 Å². The molecule has 0 aliphatic rings. The van der Waals surface area contributed by atoms with Gasteiger partial charge in [-0.05, 0) is 35.8 Å². The lowest BCUT2D eigenvalue weighted by Crippen LogP contribution is -2.04. The molecule has 2 aromatic rings. The quantitative estimate of drug-likeness (QED) is 0.908. The van der Waals surface area contributed by atoms with Crippen molar-refractivity contribution in [3.8, 4) is 0 Å². The summed E-state index contributed by atoms with van der Waals surface area (Å²) in [7, 11) is -3.12. The molecule has 0 aliphatic carbocycles. The molecule has 1 aromatic heterocycles. The second-order valence-corrected chi connectivity index (χ2v) is 6.57. The lowest BCUT2D eigenvalue weighted by molar-refractivity contribution is 0.597. The number of rotatable bonds is 5. The first kappa shape index (κ1) is 13.0. The summed E-state index contributed by atoms with van der Waals surface area (Å²) in [6.45, 7) is 2.22. The van der Waals surface area contributed by atoms with Crippen LogP contribution in [0.5, 0.6) is 0 Å². The third-order valence-electron chi connectivity index (χ3n) is 2.47. The van der Waals surface area contributed by atoms with Crippen LogP contribution in [0.25, 0.3) is 0 Å². The first-order valence-electron chi connectivity index (χ1n) is 5.44. The SMILES string of the molecule is CCS(=O)(=O)c1ccc(NCc2csnn2)cc1. The zero-order valence-corrected chi connectivity index (χ0v) is 11.5. The summed E-state index contributed by atoms with van der Waals surface area (Å²) in [5.41, 5.74) is 1.73. The summed E-state index contributed by atoms with van der Waals surface area (Å²) in [6, 6.07) is 6.73. The summed E-state index contributed by atoms with van der Waals surface area (Å²) in [6.07, 6.45) is 0. The molecule has 0 atom stereocenters. The van der Waals surface area contributed by atoms with Crippen molar-refractivity contribution in [2.75, 3.05) is 11.1 Å². The van der Waals surface area contributed by atoms with Crippen LogP contribution >= 0.6 is 11.5 Å². The molecule has 0 unspecified atom stereocenters. The van der Waals surface area contributed by atoms with Crippen LogP contribution in [-0.2, 0) is 16.4 Å². The van der Waals surface area contributed by atoms with E-state index in [1.165, 1.54) is 11.5 Å². The zero-order valence-electron chi connectivity index (χ0n) is 9.83. The summed E-state index contributed by atoms with van der Waals surface area (Å²) in [5.74, 6) is 0.115. The Bertz CT molecular complexity index is 592. The lowest BCUT2D eigenvalue weighted by atomic mass is 10.3. The Balaban J connectivity index is 2.04. The standard InChI is InChI=1S/C11H13N3O2S2/c1-2-18(15,16)11-5-3-9(4-6-11)12-7-10-8-17-14-13-10/h3-6,8,12H,2,7H2,1H3. The van der Waals surface area contributed by atoms with Crippen LogP contribution in [0.2, 0.25) is 0 Å². The number of benzene rings is 1. The average molecular weight is 283 g/mol. The Morgan fingerprint density at radius 3 is 2.56 bits per heavy atom. The minimum Gasteiger partial charge on any atom is -0.379 e. The Morgan fingerprint density at radius 2 is 2.00 bits per heavy atom. The highest BCUT2D eigenvalue weighted by molar-refractivity contribution is 7.91. The molecule has 0 saturated carbocycles. The van der Waals surface area contributed by atoms with Crippen LogP contribution in [-0.4, -0.2) is 23.8 Å². The van der Waals surface area contributed by atoms with Crippen LogP contribution in [0.3, 0.4) is 0 Å². The van der Waals surface area contributed by atoms with E-state index < -0.39 is 9.84 Å². The van der Waals surface area contributed by atoms with Gasteiger partial charge in [0.15, 0.2) is 9.84 Å². The fraction of sp³-hybridized carbons (Fsp3) is 0.273. The molecule has 96 valence electrons. The molecule has 5 nitrogen and oxygen atoms in total. The van der Waals surface area contributed by atoms with E-state index in [4.69, 9.17) is 0 Å². The fourth-order valence-corrected chi connectivity index (χ4v) is 2.74. The van der Waals surface area contributed by atoms with Gasteiger partial charge in [-0.2, -0.15) is 0 Å². The number of anilines is 1. The van der Waals surface area contributed by atoms with Crippen LogP contribution in [0.4, 0.5) is 5.69 Å². The van der Waals surface area contributed by atoms with Gasteiger partial charge in [0, 0.05) is 11.1 Å². The predicted molar refractivity (Wildman–Crippen MR) is 71.4 cm³/mol. The summed E-state index contributed by atoms with van der Waals surface area (Å²) >= 11 is 1.30. The molecule has 0 amide bonds. The monoisotopic (exact) mass is 283 g/mol. The lowest BCUT2D eigenvalue weighted by Gasteiger charge is -2.05. The van der Waals surface area contributed by atoms with Gasteiger partial charge in [-0.25, -0.2) is 8.42 Å². The van der Waals surface area contributed by atoms with E-state index in [9.17, 15) is 8.42 Å². The van der Waals surface area contributed by atoms with Crippen LogP contribution in [0.1, 0.15) is 12.6 Å². The van der Waals surface area contributed by atoms with Crippen molar-refractivity contribution >= 4 is 27.1 Å². The molecule has 0 aliphatic heterocycles. The maximum Gasteiger partial charge on any atom is 0.178 e. The first-order valence-corrected chi connectivity index (χ1v) is 7.93. The van der Waals surface area contributed by atoms with Gasteiger partial charge < -0.3 is 5.32 Å². The highest BCUT2D eigenvalue weighted by atomic mass is 32.2. The molecule has 7 heteroatoms. The Hall–Kier alpha value is -1.47. The molecule has 1 aromatic carbocycles. The zero-order chi connectivity index (χ0) is 13.0. The summed E-state index contributed by atoms with van der Waals surface area (Å²) in [4.78, 5) is 0.353. The van der Waals surface area contributed by atoms with Gasteiger partial charge in [0.05, 0.1) is 22.9 Å². The Labute approximate surface area is 110 Å². The molecule has 1 N–H and O–H groups in total. The second-order valence-electron chi connectivity index (χ2n) is 3.68. The molecule has 0 bridgehead atoms. The highest BCUT2D eigenvalue weighted by Crippen LogP contribution is 2.15.